The zero-order valence-corrected chi connectivity index (χ0v) is 15.5. The number of hydrogen-bond acceptors (Lipinski definition) is 6. The Bertz CT molecular complexity index is 408. The van der Waals surface area contributed by atoms with E-state index in [1.54, 1.807) is 41.5 Å². The van der Waals surface area contributed by atoms with Gasteiger partial charge in [0.1, 0.15) is 0 Å². The number of hydroxylamine groups is 2. The average molecular weight is 346 g/mol. The van der Waals surface area contributed by atoms with Crippen molar-refractivity contribution in [2.75, 3.05) is 13.2 Å². The summed E-state index contributed by atoms with van der Waals surface area (Å²) < 4.78 is 10.0. The van der Waals surface area contributed by atoms with E-state index in [0.29, 0.717) is 0 Å². The topological polar surface area (TPSA) is 105 Å². The van der Waals surface area contributed by atoms with Crippen LogP contribution >= 0.6 is 0 Å². The molecular formula is C16H30N2O6. The van der Waals surface area contributed by atoms with Gasteiger partial charge in [-0.15, -0.1) is 0 Å². The van der Waals surface area contributed by atoms with Gasteiger partial charge in [0.2, 0.25) is 0 Å². The number of ether oxygens (including phenoxy) is 2. The van der Waals surface area contributed by atoms with Gasteiger partial charge < -0.3 is 19.9 Å². The summed E-state index contributed by atoms with van der Waals surface area (Å²) in [6, 6.07) is -1.61. The van der Waals surface area contributed by atoms with Crippen LogP contribution in [0.2, 0.25) is 0 Å². The average Bonchev–Trinajstić information content (AvgIpc) is 2.53. The first kappa shape index (κ1) is 22.1. The van der Waals surface area contributed by atoms with Gasteiger partial charge >= 0.3 is 11.9 Å². The smallest absolute Gasteiger partial charge is 0.305 e. The molecule has 0 rings (SSSR count). The summed E-state index contributed by atoms with van der Waals surface area (Å²) in [4.78, 5) is 23.2. The fourth-order valence-electron chi connectivity index (χ4n) is 1.88. The second kappa shape index (κ2) is 10.8. The number of carbonyl (C=O) groups excluding carboxylic acids is 2. The molecule has 0 unspecified atom stereocenters. The first-order valence-electron chi connectivity index (χ1n) is 8.39. The highest BCUT2D eigenvalue weighted by Crippen LogP contribution is 2.12. The summed E-state index contributed by atoms with van der Waals surface area (Å²) in [5.74, 6) is -1.25. The van der Waals surface area contributed by atoms with Gasteiger partial charge in [-0.3, -0.25) is 9.59 Å². The van der Waals surface area contributed by atoms with Gasteiger partial charge in [0, 0.05) is 34.4 Å². The van der Waals surface area contributed by atoms with Gasteiger partial charge in [-0.2, -0.15) is 0 Å². The molecule has 0 aromatic carbocycles. The van der Waals surface area contributed by atoms with Crippen LogP contribution in [0, 0.1) is 22.3 Å². The van der Waals surface area contributed by atoms with Gasteiger partial charge in [0.05, 0.1) is 0 Å². The van der Waals surface area contributed by atoms with E-state index in [-0.39, 0.29) is 47.6 Å². The van der Waals surface area contributed by atoms with Crippen molar-refractivity contribution < 1.29 is 28.8 Å². The molecule has 0 aliphatic rings. The lowest BCUT2D eigenvalue weighted by Gasteiger charge is -2.21. The van der Waals surface area contributed by atoms with Crippen molar-refractivity contribution in [1.29, 1.82) is 0 Å². The third kappa shape index (κ3) is 7.14. The first-order valence-corrected chi connectivity index (χ1v) is 8.39. The number of rotatable bonds is 10. The maximum Gasteiger partial charge on any atom is 0.305 e. The van der Waals surface area contributed by atoms with E-state index in [1.807, 2.05) is 0 Å². The molecule has 0 N–H and O–H groups in total. The fraction of sp³-hybridized carbons (Fsp3) is 0.875. The van der Waals surface area contributed by atoms with Crippen LogP contribution in [0.25, 0.3) is 0 Å². The molecule has 0 aliphatic carbocycles. The van der Waals surface area contributed by atoms with Crippen molar-refractivity contribution in [2.24, 2.45) is 11.8 Å². The number of hydrogen-bond donors (Lipinski definition) is 0. The van der Waals surface area contributed by atoms with Gasteiger partial charge in [-0.25, -0.2) is 0 Å². The Hall–Kier alpha value is -1.86. The van der Waals surface area contributed by atoms with Crippen molar-refractivity contribution in [1.82, 2.24) is 0 Å². The number of esters is 2. The second-order valence-electron chi connectivity index (χ2n) is 6.30. The van der Waals surface area contributed by atoms with Gasteiger partial charge in [-0.1, -0.05) is 41.5 Å². The molecule has 0 aliphatic heterocycles. The molecule has 0 aromatic heterocycles. The fourth-order valence-corrected chi connectivity index (χ4v) is 1.88. The molecule has 0 radical (unpaired) electrons. The normalized spacial score (nSPS) is 15.0. The number of nitrogens with zero attached hydrogens (tertiary/aromatic N) is 2. The van der Waals surface area contributed by atoms with Crippen molar-refractivity contribution >= 4 is 11.9 Å². The zero-order valence-electron chi connectivity index (χ0n) is 15.5. The van der Waals surface area contributed by atoms with Crippen molar-refractivity contribution in [3.8, 4) is 0 Å². The Morgan fingerprint density at radius 1 is 0.792 bits per heavy atom. The maximum atomic E-state index is 12.4. The minimum absolute atomic E-state index is 0.161. The van der Waals surface area contributed by atoms with E-state index in [4.69, 9.17) is 9.47 Å². The molecule has 0 amide bonds. The lowest BCUT2D eigenvalue weighted by Crippen LogP contribution is -2.43. The van der Waals surface area contributed by atoms with Gasteiger partial charge in [0.15, 0.2) is 13.2 Å². The highest BCUT2D eigenvalue weighted by Gasteiger charge is 2.35. The summed E-state index contributed by atoms with van der Waals surface area (Å²) in [6.07, 6.45) is 0.401. The SMILES string of the molecule is CCC(=O)OC[C@H](C(C)C)/[N+]([O-])=[N+](\[O-])[C@H](COC(=O)CC)C(C)C. The molecule has 8 heteroatoms. The van der Waals surface area contributed by atoms with Crippen molar-refractivity contribution in [2.45, 2.75) is 66.5 Å². The summed E-state index contributed by atoms with van der Waals surface area (Å²) in [5, 5.41) is 24.9. The molecule has 0 bridgehead atoms. The van der Waals surface area contributed by atoms with E-state index in [1.165, 1.54) is 0 Å². The van der Waals surface area contributed by atoms with E-state index < -0.39 is 24.0 Å². The number of azo groups is 1. The minimum atomic E-state index is -0.805. The largest absolute Gasteiger partial charge is 0.567 e. The van der Waals surface area contributed by atoms with Crippen LogP contribution in [-0.2, 0) is 19.1 Å². The molecule has 140 valence electrons. The van der Waals surface area contributed by atoms with Crippen LogP contribution in [0.4, 0.5) is 0 Å². The summed E-state index contributed by atoms with van der Waals surface area (Å²) in [6.45, 7) is 10.1. The van der Waals surface area contributed by atoms with Crippen LogP contribution in [0.1, 0.15) is 54.4 Å². The molecule has 0 saturated heterocycles. The summed E-state index contributed by atoms with van der Waals surface area (Å²) in [7, 11) is 0. The molecular weight excluding hydrogens is 316 g/mol. The Labute approximate surface area is 143 Å². The molecule has 0 saturated carbocycles. The van der Waals surface area contributed by atoms with Crippen molar-refractivity contribution in [3.05, 3.63) is 10.4 Å². The second-order valence-corrected chi connectivity index (χ2v) is 6.30. The van der Waals surface area contributed by atoms with E-state index in [0.717, 1.165) is 0 Å². The molecule has 8 nitrogen and oxygen atoms in total. The zero-order chi connectivity index (χ0) is 18.9. The maximum absolute atomic E-state index is 12.4. The molecule has 0 spiro atoms. The molecule has 2 atom stereocenters. The summed E-state index contributed by atoms with van der Waals surface area (Å²) >= 11 is 0. The molecule has 0 fully saturated rings. The van der Waals surface area contributed by atoms with Crippen molar-refractivity contribution in [3.63, 3.8) is 0 Å². The predicted octanol–water partition coefficient (Wildman–Crippen LogP) is 2.41. The lowest BCUT2D eigenvalue weighted by molar-refractivity contribution is -1.00. The summed E-state index contributed by atoms with van der Waals surface area (Å²) in [5.41, 5.74) is 0. The monoisotopic (exact) mass is 346 g/mol. The Kier molecular flexibility index (Phi) is 9.99. The van der Waals surface area contributed by atoms with Gasteiger partial charge in [-0.05, 0) is 0 Å². The van der Waals surface area contributed by atoms with Crippen LogP contribution < -0.4 is 0 Å². The quantitative estimate of drug-likeness (QED) is 0.260. The van der Waals surface area contributed by atoms with Crippen LogP contribution in [-0.4, -0.2) is 47.0 Å². The highest BCUT2D eigenvalue weighted by molar-refractivity contribution is 5.69. The van der Waals surface area contributed by atoms with Crippen LogP contribution in [0.5, 0.6) is 0 Å². The Balaban J connectivity index is 5.27. The highest BCUT2D eigenvalue weighted by atomic mass is 16.6. The van der Waals surface area contributed by atoms with E-state index in [2.05, 4.69) is 0 Å². The van der Waals surface area contributed by atoms with E-state index in [9.17, 15) is 20.0 Å². The first-order chi connectivity index (χ1) is 11.1. The van der Waals surface area contributed by atoms with Gasteiger partial charge in [0.25, 0.3) is 12.1 Å². The third-order valence-corrected chi connectivity index (χ3v) is 3.71. The van der Waals surface area contributed by atoms with E-state index >= 15 is 0 Å². The minimum Gasteiger partial charge on any atom is -0.567 e. The third-order valence-electron chi connectivity index (χ3n) is 3.71. The molecule has 24 heavy (non-hydrogen) atoms. The van der Waals surface area contributed by atoms with Crippen LogP contribution in [0.15, 0.2) is 0 Å². The standard InChI is InChI=1S/C16H30N2O6/c1-7-15(19)23-9-13(11(3)4)17(21)18(22)14(12(5)6)10-24-16(20)8-2/h11-14H,7-10H2,1-6H3/b18-17+/t13-,14-/m1/s1. The predicted molar refractivity (Wildman–Crippen MR) is 87.0 cm³/mol. The van der Waals surface area contributed by atoms with Crippen LogP contribution in [0.3, 0.4) is 0 Å². The lowest BCUT2D eigenvalue weighted by atomic mass is 10.1. The molecule has 0 heterocycles. The molecule has 0 aromatic rings. The number of carbonyl (C=O) groups is 2. The Morgan fingerprint density at radius 3 is 1.29 bits per heavy atom. The Morgan fingerprint density at radius 2 is 1.08 bits per heavy atom.